The lowest BCUT2D eigenvalue weighted by atomic mass is 9.89. The first-order valence-electron chi connectivity index (χ1n) is 10.6. The second-order valence-electron chi connectivity index (χ2n) is 8.00. The Morgan fingerprint density at radius 3 is 2.54 bits per heavy atom. The lowest BCUT2D eigenvalue weighted by molar-refractivity contribution is -0.542. The first kappa shape index (κ1) is 23.4. The van der Waals surface area contributed by atoms with Gasteiger partial charge in [0, 0.05) is 35.0 Å². The highest BCUT2D eigenvalue weighted by atomic mass is 16.5. The number of hydrogen-bond acceptors (Lipinski definition) is 7. The van der Waals surface area contributed by atoms with E-state index in [0.29, 0.717) is 27.6 Å². The number of methoxy groups -OCH3 is 1. The van der Waals surface area contributed by atoms with E-state index in [9.17, 15) is 24.9 Å². The van der Waals surface area contributed by atoms with Gasteiger partial charge in [0.25, 0.3) is 12.0 Å². The SMILES string of the molecule is COc1ccccc1-c1cc([C@@H](CC(=O)[O-])C(=O)[O-])cc(C2N=c3cc(C(N)=[NH2+])ccc3=[NH+]2)c1[O-]. The number of fused-ring (bicyclic) bond motifs is 1. The molecule has 0 amide bonds. The van der Waals surface area contributed by atoms with Gasteiger partial charge in [0.15, 0.2) is 0 Å². The molecule has 0 radical (unpaired) electrons. The predicted octanol–water partition coefficient (Wildman–Crippen LogP) is -5.09. The third-order valence-electron chi connectivity index (χ3n) is 5.78. The summed E-state index contributed by atoms with van der Waals surface area (Å²) in [7, 11) is 1.44. The van der Waals surface area contributed by atoms with Crippen LogP contribution < -0.4 is 46.9 Å². The third-order valence-corrected chi connectivity index (χ3v) is 5.78. The number of nitrogens with zero attached hydrogens (tertiary/aromatic N) is 1. The van der Waals surface area contributed by atoms with Crippen molar-refractivity contribution in [1.82, 2.24) is 0 Å². The van der Waals surface area contributed by atoms with E-state index < -0.39 is 36.2 Å². The van der Waals surface area contributed by atoms with Gasteiger partial charge >= 0.3 is 0 Å². The van der Waals surface area contributed by atoms with E-state index >= 15 is 0 Å². The van der Waals surface area contributed by atoms with Crippen molar-refractivity contribution in [2.24, 2.45) is 10.7 Å². The Bertz CT molecular complexity index is 1480. The molecule has 1 heterocycles. The second-order valence-corrected chi connectivity index (χ2v) is 8.00. The maximum Gasteiger partial charge on any atom is 0.271 e. The quantitative estimate of drug-likeness (QED) is 0.215. The molecule has 10 nitrogen and oxygen atoms in total. The van der Waals surface area contributed by atoms with Crippen molar-refractivity contribution in [3.05, 3.63) is 82.0 Å². The lowest BCUT2D eigenvalue weighted by Crippen LogP contribution is -2.76. The van der Waals surface area contributed by atoms with E-state index in [1.165, 1.54) is 19.2 Å². The zero-order chi connectivity index (χ0) is 25.3. The largest absolute Gasteiger partial charge is 0.872 e. The predicted molar refractivity (Wildman–Crippen MR) is 115 cm³/mol. The number of amidine groups is 1. The van der Waals surface area contributed by atoms with E-state index in [0.717, 1.165) is 0 Å². The molecule has 2 atom stereocenters. The number of carbonyl (C=O) groups excluding carboxylic acids is 2. The number of benzene rings is 3. The Kier molecular flexibility index (Phi) is 6.20. The van der Waals surface area contributed by atoms with Crippen molar-refractivity contribution in [2.45, 2.75) is 18.5 Å². The van der Waals surface area contributed by atoms with Crippen LogP contribution in [0.1, 0.15) is 35.2 Å². The van der Waals surface area contributed by atoms with Crippen molar-refractivity contribution in [1.29, 1.82) is 0 Å². The topological polar surface area (TPSA) is 190 Å². The number of ether oxygens (including phenoxy) is 1. The maximum absolute atomic E-state index is 13.6. The van der Waals surface area contributed by atoms with Gasteiger partial charge in [-0.3, -0.25) is 11.1 Å². The summed E-state index contributed by atoms with van der Waals surface area (Å²) in [5, 5.41) is 43.5. The summed E-state index contributed by atoms with van der Waals surface area (Å²) in [6, 6.07) is 14.5. The summed E-state index contributed by atoms with van der Waals surface area (Å²) in [5.41, 5.74) is 6.96. The van der Waals surface area contributed by atoms with E-state index in [4.69, 9.17) is 15.9 Å². The van der Waals surface area contributed by atoms with E-state index in [-0.39, 0.29) is 22.5 Å². The molecule has 0 fully saturated rings. The molecular weight excluding hydrogens is 452 g/mol. The van der Waals surface area contributed by atoms with Crippen LogP contribution >= 0.6 is 0 Å². The normalized spacial score (nSPS) is 14.8. The summed E-state index contributed by atoms with van der Waals surface area (Å²) < 4.78 is 5.38. The zero-order valence-electron chi connectivity index (χ0n) is 18.6. The van der Waals surface area contributed by atoms with Gasteiger partial charge in [-0.25, -0.2) is 9.98 Å². The van der Waals surface area contributed by atoms with Gasteiger partial charge in [-0.05, 0) is 41.8 Å². The molecule has 5 N–H and O–H groups in total. The van der Waals surface area contributed by atoms with E-state index in [1.807, 2.05) is 0 Å². The minimum absolute atomic E-state index is 0.0675. The molecule has 1 unspecified atom stereocenters. The Morgan fingerprint density at radius 1 is 1.14 bits per heavy atom. The van der Waals surface area contributed by atoms with Crippen molar-refractivity contribution in [3.63, 3.8) is 0 Å². The van der Waals surface area contributed by atoms with Gasteiger partial charge in [-0.1, -0.05) is 30.0 Å². The first-order chi connectivity index (χ1) is 16.7. The molecule has 0 aliphatic carbocycles. The maximum atomic E-state index is 13.6. The fraction of sp³-hybridized carbons (Fsp3) is 0.160. The highest BCUT2D eigenvalue weighted by Crippen LogP contribution is 2.40. The molecule has 0 aromatic heterocycles. The number of nitrogens with two attached hydrogens (primary N) is 2. The number of carboxylic acid groups (broad SMARTS) is 2. The molecule has 0 saturated carbocycles. The molecular formula is C25H21N4O6-. The second kappa shape index (κ2) is 9.26. The Morgan fingerprint density at radius 2 is 1.89 bits per heavy atom. The molecule has 35 heavy (non-hydrogen) atoms. The Hall–Kier alpha value is -4.73. The van der Waals surface area contributed by atoms with Crippen LogP contribution in [0, 0.1) is 0 Å². The van der Waals surface area contributed by atoms with Crippen molar-refractivity contribution < 1.29 is 40.0 Å². The summed E-state index contributed by atoms with van der Waals surface area (Å²) >= 11 is 0. The summed E-state index contributed by atoms with van der Waals surface area (Å²) in [6.07, 6.45) is -1.69. The molecule has 4 rings (SSSR count). The van der Waals surface area contributed by atoms with Crippen molar-refractivity contribution in [3.8, 4) is 22.6 Å². The number of aliphatic carboxylic acids is 2. The molecule has 3 aromatic rings. The lowest BCUT2D eigenvalue weighted by Gasteiger charge is -2.26. The van der Waals surface area contributed by atoms with Crippen LogP contribution in [0.3, 0.4) is 0 Å². The van der Waals surface area contributed by atoms with Crippen LogP contribution in [0.25, 0.3) is 11.1 Å². The number of carboxylic acids is 2. The third kappa shape index (κ3) is 4.54. The average Bonchev–Trinajstić information content (AvgIpc) is 3.25. The van der Waals surface area contributed by atoms with Gasteiger partial charge in [0.1, 0.15) is 11.1 Å². The number of hydrogen-bond donors (Lipinski definition) is 3. The molecule has 3 aromatic carbocycles. The van der Waals surface area contributed by atoms with E-state index in [1.54, 1.807) is 42.5 Å². The fourth-order valence-electron chi connectivity index (χ4n) is 4.06. The molecule has 1 aliphatic heterocycles. The van der Waals surface area contributed by atoms with Crippen LogP contribution in [0.4, 0.5) is 0 Å². The van der Waals surface area contributed by atoms with Gasteiger partial charge in [-0.2, -0.15) is 0 Å². The van der Waals surface area contributed by atoms with E-state index in [2.05, 4.69) is 9.98 Å². The first-order valence-corrected chi connectivity index (χ1v) is 10.6. The minimum Gasteiger partial charge on any atom is -0.872 e. The van der Waals surface area contributed by atoms with Gasteiger partial charge in [-0.15, -0.1) is 0 Å². The number of para-hydroxylation sites is 1. The van der Waals surface area contributed by atoms with Crippen molar-refractivity contribution >= 4 is 17.8 Å². The summed E-state index contributed by atoms with van der Waals surface area (Å²) in [5.74, 6) is -4.66. The standard InChI is InChI=1S/C25H22N4O6/c1-35-20-5-3-2-4-14(20)16-8-13(15(25(33)34)11-21(30)31)9-17(22(16)32)24-28-18-7-6-12(23(26)27)10-19(18)29-24/h2-10,15,24,32H,11H2,1H3,(H3,26,27)(H,30,31)(H,33,34)/p-1/t15-,24?/m1/s1. The molecule has 1 aliphatic rings. The average molecular weight is 473 g/mol. The fourth-order valence-corrected chi connectivity index (χ4v) is 4.06. The summed E-state index contributed by atoms with van der Waals surface area (Å²) in [6.45, 7) is 0. The highest BCUT2D eigenvalue weighted by Gasteiger charge is 2.25. The minimum atomic E-state index is -1.61. The Labute approximate surface area is 199 Å². The van der Waals surface area contributed by atoms with Gasteiger partial charge in [0.2, 0.25) is 5.36 Å². The summed E-state index contributed by atoms with van der Waals surface area (Å²) in [4.78, 5) is 30.8. The number of rotatable bonds is 8. The highest BCUT2D eigenvalue weighted by molar-refractivity contribution is 5.92. The molecule has 10 heteroatoms. The van der Waals surface area contributed by atoms with Gasteiger partial charge in [0.05, 0.1) is 12.7 Å². The van der Waals surface area contributed by atoms with Crippen LogP contribution in [0.2, 0.25) is 0 Å². The number of nitrogens with one attached hydrogen (secondary N) is 1. The van der Waals surface area contributed by atoms with Crippen molar-refractivity contribution in [2.75, 3.05) is 7.11 Å². The molecule has 178 valence electrons. The van der Waals surface area contributed by atoms with Crippen LogP contribution in [0.5, 0.6) is 11.5 Å². The molecule has 0 spiro atoms. The smallest absolute Gasteiger partial charge is 0.271 e. The van der Waals surface area contributed by atoms with Crippen LogP contribution in [-0.2, 0) is 9.59 Å². The monoisotopic (exact) mass is 473 g/mol. The number of carbonyl (C=O) groups is 2. The zero-order valence-corrected chi connectivity index (χ0v) is 18.6. The molecule has 0 saturated heterocycles. The van der Waals surface area contributed by atoms with Crippen LogP contribution in [0.15, 0.2) is 59.6 Å². The van der Waals surface area contributed by atoms with Gasteiger partial charge < -0.3 is 29.6 Å². The molecule has 0 bridgehead atoms. The Balaban J connectivity index is 1.95. The van der Waals surface area contributed by atoms with Crippen LogP contribution in [-0.4, -0.2) is 24.9 Å².